The third kappa shape index (κ3) is 5.70. The van der Waals surface area contributed by atoms with Crippen molar-refractivity contribution in [2.24, 2.45) is 0 Å². The van der Waals surface area contributed by atoms with E-state index in [1.54, 1.807) is 38.1 Å². The highest BCUT2D eigenvalue weighted by Crippen LogP contribution is 2.31. The largest absolute Gasteiger partial charge is 0.484 e. The molecule has 3 rings (SSSR count). The molecule has 1 N–H and O–H groups in total. The van der Waals surface area contributed by atoms with Gasteiger partial charge >= 0.3 is 5.97 Å². The predicted molar refractivity (Wildman–Crippen MR) is 122 cm³/mol. The number of hydrogen-bond donors (Lipinski definition) is 1. The van der Waals surface area contributed by atoms with Gasteiger partial charge in [0.25, 0.3) is 17.5 Å². The number of allylic oxidation sites excluding steroid dienone is 1. The fourth-order valence-electron chi connectivity index (χ4n) is 3.18. The quantitative estimate of drug-likeness (QED) is 0.109. The third-order valence-corrected chi connectivity index (χ3v) is 5.33. The summed E-state index contributed by atoms with van der Waals surface area (Å²) in [5, 5.41) is 13.2. The number of benzene rings is 2. The zero-order valence-electron chi connectivity index (χ0n) is 18.4. The van der Waals surface area contributed by atoms with Crippen LogP contribution >= 0.6 is 11.6 Å². The minimum absolute atomic E-state index is 0.0297. The first kappa shape index (κ1) is 24.7. The van der Waals surface area contributed by atoms with Crippen molar-refractivity contribution in [1.29, 1.82) is 0 Å². The first-order valence-electron chi connectivity index (χ1n) is 10.2. The predicted octanol–water partition coefficient (Wildman–Crippen LogP) is 2.90. The average Bonchev–Trinajstić information content (AvgIpc) is 2.83. The molecule has 0 spiro atoms. The van der Waals surface area contributed by atoms with Crippen LogP contribution in [0.25, 0.3) is 0 Å². The Morgan fingerprint density at radius 2 is 1.76 bits per heavy atom. The first-order chi connectivity index (χ1) is 16.2. The van der Waals surface area contributed by atoms with E-state index in [2.05, 4.69) is 5.32 Å². The van der Waals surface area contributed by atoms with Crippen molar-refractivity contribution in [1.82, 2.24) is 10.2 Å². The second-order valence-corrected chi connectivity index (χ2v) is 8.02. The number of alkyl halides is 1. The molecule has 1 heterocycles. The Balaban J connectivity index is 1.57. The molecule has 0 aromatic heterocycles. The maximum atomic E-state index is 12.7. The summed E-state index contributed by atoms with van der Waals surface area (Å²) < 4.78 is 10.6. The number of nitro benzene ring substituents is 1. The number of nitrogens with one attached hydrogen (secondary N) is 1. The van der Waals surface area contributed by atoms with E-state index < -0.39 is 34.2 Å². The fourth-order valence-corrected chi connectivity index (χ4v) is 3.54. The molecule has 34 heavy (non-hydrogen) atoms. The first-order valence-corrected chi connectivity index (χ1v) is 10.6. The van der Waals surface area contributed by atoms with Gasteiger partial charge in [0.05, 0.1) is 4.92 Å². The average molecular weight is 488 g/mol. The summed E-state index contributed by atoms with van der Waals surface area (Å²) in [4.78, 5) is 48.8. The molecular weight excluding hydrogens is 466 g/mol. The van der Waals surface area contributed by atoms with Crippen molar-refractivity contribution in [3.05, 3.63) is 81.5 Å². The molecule has 0 saturated carbocycles. The Hall–Kier alpha value is -3.92. The molecule has 2 aromatic rings. The topological polar surface area (TPSA) is 128 Å². The van der Waals surface area contributed by atoms with Crippen LogP contribution in [0.3, 0.4) is 0 Å². The van der Waals surface area contributed by atoms with E-state index in [1.165, 1.54) is 24.3 Å². The van der Waals surface area contributed by atoms with E-state index in [4.69, 9.17) is 21.1 Å². The van der Waals surface area contributed by atoms with Crippen LogP contribution in [0.1, 0.15) is 19.4 Å². The van der Waals surface area contributed by atoms with E-state index in [0.717, 1.165) is 4.90 Å². The van der Waals surface area contributed by atoms with Gasteiger partial charge in [-0.3, -0.25) is 24.6 Å². The fraction of sp³-hybridized carbons (Fsp3) is 0.261. The van der Waals surface area contributed by atoms with Gasteiger partial charge in [0.1, 0.15) is 29.6 Å². The van der Waals surface area contributed by atoms with Gasteiger partial charge in [-0.1, -0.05) is 29.8 Å². The number of halogens is 1. The summed E-state index contributed by atoms with van der Waals surface area (Å²) in [6.07, 6.45) is 0. The van der Waals surface area contributed by atoms with Crippen molar-refractivity contribution in [3.63, 3.8) is 0 Å². The Morgan fingerprint density at radius 3 is 2.32 bits per heavy atom. The van der Waals surface area contributed by atoms with Crippen LogP contribution in [0.2, 0.25) is 0 Å². The van der Waals surface area contributed by atoms with E-state index in [-0.39, 0.29) is 24.6 Å². The van der Waals surface area contributed by atoms with Gasteiger partial charge in [-0.25, -0.2) is 4.79 Å². The SMILES string of the molecule is CC(C)=C(C(=O)OCc1ccc([N+](=O)[O-])cc1)N1C(=O)C(NC(=O)COc2ccccc2)C1Cl. The maximum Gasteiger partial charge on any atom is 0.355 e. The lowest BCUT2D eigenvalue weighted by Gasteiger charge is -2.44. The zero-order chi connectivity index (χ0) is 24.8. The highest BCUT2D eigenvalue weighted by atomic mass is 35.5. The minimum Gasteiger partial charge on any atom is -0.484 e. The van der Waals surface area contributed by atoms with Crippen molar-refractivity contribution in [2.45, 2.75) is 32.0 Å². The lowest BCUT2D eigenvalue weighted by atomic mass is 10.0. The number of amides is 2. The van der Waals surface area contributed by atoms with Gasteiger partial charge in [0.2, 0.25) is 0 Å². The zero-order valence-corrected chi connectivity index (χ0v) is 19.2. The number of esters is 1. The molecule has 1 saturated heterocycles. The molecule has 2 amide bonds. The molecule has 2 aromatic carbocycles. The smallest absolute Gasteiger partial charge is 0.355 e. The number of likely N-dealkylation sites (tertiary alicyclic amines) is 1. The highest BCUT2D eigenvalue weighted by molar-refractivity contribution is 6.27. The Kier molecular flexibility index (Phi) is 7.85. The van der Waals surface area contributed by atoms with E-state index in [1.807, 2.05) is 6.07 Å². The summed E-state index contributed by atoms with van der Waals surface area (Å²) in [6.45, 7) is 2.79. The van der Waals surface area contributed by atoms with Crippen molar-refractivity contribution in [2.75, 3.05) is 6.61 Å². The third-order valence-electron chi connectivity index (χ3n) is 4.88. The highest BCUT2D eigenvalue weighted by Gasteiger charge is 2.51. The monoisotopic (exact) mass is 487 g/mol. The van der Waals surface area contributed by atoms with E-state index >= 15 is 0 Å². The van der Waals surface area contributed by atoms with Crippen LogP contribution in [-0.2, 0) is 25.7 Å². The van der Waals surface area contributed by atoms with Crippen LogP contribution < -0.4 is 10.1 Å². The molecule has 1 aliphatic rings. The second-order valence-electron chi connectivity index (χ2n) is 7.58. The van der Waals surface area contributed by atoms with Crippen LogP contribution in [0.5, 0.6) is 5.75 Å². The van der Waals surface area contributed by atoms with Gasteiger partial charge in [0.15, 0.2) is 6.61 Å². The number of ether oxygens (including phenoxy) is 2. The van der Waals surface area contributed by atoms with Crippen molar-refractivity contribution >= 4 is 35.1 Å². The van der Waals surface area contributed by atoms with Gasteiger partial charge in [0, 0.05) is 12.1 Å². The molecule has 0 aliphatic carbocycles. The standard InChI is InChI=1S/C23H22ClN3O7/c1-14(2)20(23(30)34-12-15-8-10-16(11-9-15)27(31)32)26-21(24)19(22(26)29)25-18(28)13-33-17-6-4-3-5-7-17/h3-11,19,21H,12-13H2,1-2H3,(H,25,28). The summed E-state index contributed by atoms with van der Waals surface area (Å²) in [5.41, 5.74) is -0.0840. The van der Waals surface area contributed by atoms with Crippen LogP contribution in [0.4, 0.5) is 5.69 Å². The Morgan fingerprint density at radius 1 is 1.12 bits per heavy atom. The summed E-state index contributed by atoms with van der Waals surface area (Å²) >= 11 is 6.33. The molecule has 178 valence electrons. The molecular formula is C23H22ClN3O7. The number of non-ortho nitro benzene ring substituents is 1. The lowest BCUT2D eigenvalue weighted by molar-refractivity contribution is -0.384. The Bertz CT molecular complexity index is 1120. The molecule has 1 fully saturated rings. The van der Waals surface area contributed by atoms with Gasteiger partial charge in [-0.05, 0) is 49.2 Å². The number of carbonyl (C=O) groups is 3. The summed E-state index contributed by atoms with van der Waals surface area (Å²) in [5.74, 6) is -1.37. The van der Waals surface area contributed by atoms with Crippen molar-refractivity contribution < 1.29 is 28.8 Å². The number of nitrogens with zero attached hydrogens (tertiary/aromatic N) is 2. The molecule has 1 aliphatic heterocycles. The number of carbonyl (C=O) groups excluding carboxylic acids is 3. The number of nitro groups is 1. The molecule has 0 bridgehead atoms. The van der Waals surface area contributed by atoms with Gasteiger partial charge < -0.3 is 14.8 Å². The molecule has 2 atom stereocenters. The number of para-hydroxylation sites is 1. The van der Waals surface area contributed by atoms with Crippen molar-refractivity contribution in [3.8, 4) is 5.75 Å². The van der Waals surface area contributed by atoms with Gasteiger partial charge in [-0.2, -0.15) is 0 Å². The minimum atomic E-state index is -1.02. The lowest BCUT2D eigenvalue weighted by Crippen LogP contribution is -2.69. The number of β-lactam (4-membered cyclic amide) rings is 1. The molecule has 0 radical (unpaired) electrons. The van der Waals surface area contributed by atoms with Crippen LogP contribution in [0, 0.1) is 10.1 Å². The number of hydrogen-bond acceptors (Lipinski definition) is 7. The van der Waals surface area contributed by atoms with E-state index in [0.29, 0.717) is 16.9 Å². The van der Waals surface area contributed by atoms with Crippen LogP contribution in [0.15, 0.2) is 65.9 Å². The van der Waals surface area contributed by atoms with Gasteiger partial charge in [-0.15, -0.1) is 0 Å². The van der Waals surface area contributed by atoms with Crippen LogP contribution in [-0.4, -0.2) is 45.8 Å². The molecule has 2 unspecified atom stereocenters. The maximum absolute atomic E-state index is 12.7. The second kappa shape index (κ2) is 10.8. The summed E-state index contributed by atoms with van der Waals surface area (Å²) in [7, 11) is 0. The normalized spacial score (nSPS) is 16.8. The Labute approximate surface area is 200 Å². The number of rotatable bonds is 9. The molecule has 10 nitrogen and oxygen atoms in total. The van der Waals surface area contributed by atoms with E-state index in [9.17, 15) is 24.5 Å². The summed E-state index contributed by atoms with van der Waals surface area (Å²) in [6, 6.07) is 13.2. The molecule has 11 heteroatoms.